The van der Waals surface area contributed by atoms with Crippen molar-refractivity contribution in [1.29, 1.82) is 0 Å². The average Bonchev–Trinajstić information content (AvgIpc) is 2.71. The molecule has 150 valence electrons. The van der Waals surface area contributed by atoms with Gasteiger partial charge in [0, 0.05) is 11.3 Å². The van der Waals surface area contributed by atoms with Gasteiger partial charge in [0.1, 0.15) is 11.6 Å². The highest BCUT2D eigenvalue weighted by Gasteiger charge is 2.17. The number of hydrogen-bond donors (Lipinski definition) is 2. The van der Waals surface area contributed by atoms with Gasteiger partial charge in [0.05, 0.1) is 17.2 Å². The molecule has 29 heavy (non-hydrogen) atoms. The number of amides is 1. The summed E-state index contributed by atoms with van der Waals surface area (Å²) in [5.41, 5.74) is 0.454. The summed E-state index contributed by atoms with van der Waals surface area (Å²) in [6.07, 6.45) is 0. The van der Waals surface area contributed by atoms with Crippen LogP contribution in [-0.4, -0.2) is 20.9 Å². The number of halogens is 1. The van der Waals surface area contributed by atoms with Crippen LogP contribution in [0.1, 0.15) is 17.3 Å². The molecule has 0 fully saturated rings. The molecule has 8 heteroatoms. The van der Waals surface area contributed by atoms with E-state index in [1.165, 1.54) is 42.5 Å². The normalized spacial score (nSPS) is 11.0. The van der Waals surface area contributed by atoms with Crippen LogP contribution in [0.5, 0.6) is 5.75 Å². The summed E-state index contributed by atoms with van der Waals surface area (Å²) in [7, 11) is -3.92. The minimum atomic E-state index is -3.92. The molecule has 3 aromatic carbocycles. The molecule has 0 heterocycles. The molecule has 0 aliphatic carbocycles. The molecule has 3 aromatic rings. The van der Waals surface area contributed by atoms with Gasteiger partial charge in [0.2, 0.25) is 0 Å². The zero-order valence-corrected chi connectivity index (χ0v) is 16.4. The van der Waals surface area contributed by atoms with Crippen molar-refractivity contribution in [2.75, 3.05) is 16.6 Å². The lowest BCUT2D eigenvalue weighted by Crippen LogP contribution is -2.16. The SMILES string of the molecule is CCOc1ccc(NS(=O)(=O)c2cccc(C(=O)Nc3ccccc3F)c2)cc1. The van der Waals surface area contributed by atoms with Gasteiger partial charge in [-0.25, -0.2) is 12.8 Å². The number of hydrogen-bond acceptors (Lipinski definition) is 4. The van der Waals surface area contributed by atoms with E-state index in [0.717, 1.165) is 0 Å². The molecule has 6 nitrogen and oxygen atoms in total. The number of sulfonamides is 1. The molecule has 0 aliphatic rings. The Morgan fingerprint density at radius 3 is 2.41 bits per heavy atom. The van der Waals surface area contributed by atoms with E-state index in [1.54, 1.807) is 30.3 Å². The summed E-state index contributed by atoms with van der Waals surface area (Å²) in [6.45, 7) is 2.36. The van der Waals surface area contributed by atoms with Crippen LogP contribution in [-0.2, 0) is 10.0 Å². The highest BCUT2D eigenvalue weighted by Crippen LogP contribution is 2.21. The van der Waals surface area contributed by atoms with Crippen molar-refractivity contribution in [3.63, 3.8) is 0 Å². The van der Waals surface area contributed by atoms with Crippen LogP contribution in [0.25, 0.3) is 0 Å². The quantitative estimate of drug-likeness (QED) is 0.604. The van der Waals surface area contributed by atoms with E-state index in [1.807, 2.05) is 6.92 Å². The average molecular weight is 414 g/mol. The van der Waals surface area contributed by atoms with Crippen molar-refractivity contribution in [3.05, 3.63) is 84.2 Å². The second kappa shape index (κ2) is 8.74. The van der Waals surface area contributed by atoms with E-state index >= 15 is 0 Å². The minimum absolute atomic E-state index is 0.0123. The molecule has 0 unspecified atom stereocenters. The first-order chi connectivity index (χ1) is 13.9. The van der Waals surface area contributed by atoms with Gasteiger partial charge in [0.25, 0.3) is 15.9 Å². The van der Waals surface area contributed by atoms with Crippen molar-refractivity contribution >= 4 is 27.3 Å². The fourth-order valence-corrected chi connectivity index (χ4v) is 3.67. The Morgan fingerprint density at radius 2 is 1.72 bits per heavy atom. The number of carbonyl (C=O) groups is 1. The predicted octanol–water partition coefficient (Wildman–Crippen LogP) is 4.28. The molecule has 0 atom stereocenters. The van der Waals surface area contributed by atoms with Crippen LogP contribution in [0, 0.1) is 5.82 Å². The molecular formula is C21H19FN2O4S. The zero-order chi connectivity index (χ0) is 20.9. The number of ether oxygens (including phenoxy) is 1. The van der Waals surface area contributed by atoms with Gasteiger partial charge in [-0.3, -0.25) is 9.52 Å². The Hall–Kier alpha value is -3.39. The largest absolute Gasteiger partial charge is 0.494 e. The van der Waals surface area contributed by atoms with E-state index in [9.17, 15) is 17.6 Å². The fourth-order valence-electron chi connectivity index (χ4n) is 2.56. The molecule has 3 rings (SSSR count). The van der Waals surface area contributed by atoms with Crippen molar-refractivity contribution in [2.45, 2.75) is 11.8 Å². The first-order valence-corrected chi connectivity index (χ1v) is 10.3. The summed E-state index contributed by atoms with van der Waals surface area (Å²) in [5, 5.41) is 2.43. The van der Waals surface area contributed by atoms with Crippen LogP contribution >= 0.6 is 0 Å². The Kier molecular flexibility index (Phi) is 6.13. The third kappa shape index (κ3) is 5.11. The van der Waals surface area contributed by atoms with Gasteiger partial charge < -0.3 is 10.1 Å². The molecule has 0 saturated carbocycles. The highest BCUT2D eigenvalue weighted by atomic mass is 32.2. The van der Waals surface area contributed by atoms with Crippen LogP contribution < -0.4 is 14.8 Å². The summed E-state index contributed by atoms with van der Waals surface area (Å²) >= 11 is 0. The zero-order valence-electron chi connectivity index (χ0n) is 15.6. The molecular weight excluding hydrogens is 395 g/mol. The van der Waals surface area contributed by atoms with Crippen molar-refractivity contribution in [2.24, 2.45) is 0 Å². The van der Waals surface area contributed by atoms with Gasteiger partial charge in [0.15, 0.2) is 0 Å². The molecule has 2 N–H and O–H groups in total. The number of benzene rings is 3. The first kappa shape index (κ1) is 20.3. The number of carbonyl (C=O) groups excluding carboxylic acids is 1. The van der Waals surface area contributed by atoms with Crippen molar-refractivity contribution in [1.82, 2.24) is 0 Å². The van der Waals surface area contributed by atoms with Crippen LogP contribution in [0.3, 0.4) is 0 Å². The van der Waals surface area contributed by atoms with Gasteiger partial charge >= 0.3 is 0 Å². The smallest absolute Gasteiger partial charge is 0.261 e. The second-order valence-electron chi connectivity index (χ2n) is 6.02. The lowest BCUT2D eigenvalue weighted by molar-refractivity contribution is 0.102. The Labute approximate surface area is 168 Å². The summed E-state index contributed by atoms with van der Waals surface area (Å²) in [6, 6.07) is 17.7. The third-order valence-electron chi connectivity index (χ3n) is 3.95. The van der Waals surface area contributed by atoms with E-state index in [0.29, 0.717) is 18.0 Å². The fraction of sp³-hybridized carbons (Fsp3) is 0.0952. The minimum Gasteiger partial charge on any atom is -0.494 e. The van der Waals surface area contributed by atoms with Gasteiger partial charge in [-0.1, -0.05) is 18.2 Å². The van der Waals surface area contributed by atoms with Crippen LogP contribution in [0.2, 0.25) is 0 Å². The standard InChI is InChI=1S/C21H19FN2O4S/c1-2-28-17-12-10-16(11-13-17)24-29(26,27)18-7-5-6-15(14-18)21(25)23-20-9-4-3-8-19(20)22/h3-14,24H,2H2,1H3,(H,23,25). The molecule has 1 amide bonds. The number of para-hydroxylation sites is 1. The van der Waals surface area contributed by atoms with Crippen LogP contribution in [0.4, 0.5) is 15.8 Å². The van der Waals surface area contributed by atoms with Gasteiger partial charge in [-0.2, -0.15) is 0 Å². The Morgan fingerprint density at radius 1 is 1.00 bits per heavy atom. The maximum atomic E-state index is 13.7. The summed E-state index contributed by atoms with van der Waals surface area (Å²) in [4.78, 5) is 12.3. The van der Waals surface area contributed by atoms with E-state index in [4.69, 9.17) is 4.74 Å². The monoisotopic (exact) mass is 414 g/mol. The van der Waals surface area contributed by atoms with Crippen LogP contribution in [0.15, 0.2) is 77.7 Å². The molecule has 0 bridgehead atoms. The Balaban J connectivity index is 1.78. The topological polar surface area (TPSA) is 84.5 Å². The summed E-state index contributed by atoms with van der Waals surface area (Å²) < 4.78 is 46.8. The second-order valence-corrected chi connectivity index (χ2v) is 7.71. The molecule has 0 aliphatic heterocycles. The van der Waals surface area contributed by atoms with Gasteiger partial charge in [-0.15, -0.1) is 0 Å². The molecule has 0 spiro atoms. The maximum absolute atomic E-state index is 13.7. The van der Waals surface area contributed by atoms with E-state index < -0.39 is 21.7 Å². The molecule has 0 radical (unpaired) electrons. The third-order valence-corrected chi connectivity index (χ3v) is 5.33. The molecule has 0 saturated heterocycles. The highest BCUT2D eigenvalue weighted by molar-refractivity contribution is 7.92. The number of anilines is 2. The maximum Gasteiger partial charge on any atom is 0.261 e. The van der Waals surface area contributed by atoms with Crippen molar-refractivity contribution in [3.8, 4) is 5.75 Å². The van der Waals surface area contributed by atoms with Gasteiger partial charge in [-0.05, 0) is 61.5 Å². The molecule has 0 aromatic heterocycles. The predicted molar refractivity (Wildman–Crippen MR) is 109 cm³/mol. The van der Waals surface area contributed by atoms with Crippen molar-refractivity contribution < 1.29 is 22.3 Å². The Bertz CT molecular complexity index is 1120. The van der Waals surface area contributed by atoms with E-state index in [-0.39, 0.29) is 16.1 Å². The number of nitrogens with one attached hydrogen (secondary N) is 2. The number of rotatable bonds is 7. The lowest BCUT2D eigenvalue weighted by Gasteiger charge is -2.11. The van der Waals surface area contributed by atoms with E-state index in [2.05, 4.69) is 10.0 Å². The summed E-state index contributed by atoms with van der Waals surface area (Å²) in [5.74, 6) is -0.572. The first-order valence-electron chi connectivity index (χ1n) is 8.80. The lowest BCUT2D eigenvalue weighted by atomic mass is 10.2.